The molecule has 2 N–H and O–H groups in total. The Hall–Kier alpha value is -0.930. The van der Waals surface area contributed by atoms with Crippen LogP contribution in [0.25, 0.3) is 0 Å². The van der Waals surface area contributed by atoms with Crippen molar-refractivity contribution in [1.82, 2.24) is 4.90 Å². The lowest BCUT2D eigenvalue weighted by Crippen LogP contribution is -2.46. The third-order valence-electron chi connectivity index (χ3n) is 4.02. The second kappa shape index (κ2) is 7.61. The Morgan fingerprint density at radius 3 is 2.42 bits per heavy atom. The third kappa shape index (κ3) is 4.02. The zero-order valence-corrected chi connectivity index (χ0v) is 12.6. The molecule has 3 atom stereocenters. The van der Waals surface area contributed by atoms with E-state index >= 15 is 0 Å². The van der Waals surface area contributed by atoms with Crippen molar-refractivity contribution in [1.29, 1.82) is 0 Å². The van der Waals surface area contributed by atoms with Gasteiger partial charge in [0.2, 0.25) is 0 Å². The van der Waals surface area contributed by atoms with Gasteiger partial charge in [-0.2, -0.15) is 0 Å². The van der Waals surface area contributed by atoms with Crippen molar-refractivity contribution in [2.24, 2.45) is 5.73 Å². The molecule has 1 aromatic rings. The monoisotopic (exact) mass is 266 g/mol. The van der Waals surface area contributed by atoms with Gasteiger partial charge in [0.05, 0.1) is 0 Å². The number of likely N-dealkylation sites (N-methyl/N-ethyl adjacent to an activating group) is 1. The molecule has 0 aliphatic carbocycles. The fraction of sp³-hybridized carbons (Fsp3) is 0.625. The van der Waals surface area contributed by atoms with Crippen molar-refractivity contribution >= 4 is 0 Å². The Morgan fingerprint density at radius 2 is 1.89 bits per heavy atom. The normalized spacial score (nSPS) is 16.4. The van der Waals surface area contributed by atoms with Crippen LogP contribution in [0.3, 0.4) is 0 Å². The van der Waals surface area contributed by atoms with E-state index in [1.54, 1.807) is 6.07 Å². The molecule has 108 valence electrons. The van der Waals surface area contributed by atoms with Gasteiger partial charge in [-0.15, -0.1) is 0 Å². The summed E-state index contributed by atoms with van der Waals surface area (Å²) >= 11 is 0. The van der Waals surface area contributed by atoms with Crippen molar-refractivity contribution < 1.29 is 4.39 Å². The zero-order chi connectivity index (χ0) is 14.4. The van der Waals surface area contributed by atoms with Gasteiger partial charge < -0.3 is 5.73 Å². The number of nitrogens with zero attached hydrogens (tertiary/aromatic N) is 1. The summed E-state index contributed by atoms with van der Waals surface area (Å²) in [4.78, 5) is 2.21. The summed E-state index contributed by atoms with van der Waals surface area (Å²) in [5.41, 5.74) is 7.00. The molecule has 3 unspecified atom stereocenters. The van der Waals surface area contributed by atoms with Crippen molar-refractivity contribution in [3.05, 3.63) is 35.6 Å². The first-order valence-corrected chi connectivity index (χ1v) is 7.24. The molecule has 0 heterocycles. The quantitative estimate of drug-likeness (QED) is 0.815. The molecule has 1 aromatic carbocycles. The molecule has 19 heavy (non-hydrogen) atoms. The Balaban J connectivity index is 2.85. The maximum atomic E-state index is 13.9. The maximum Gasteiger partial charge on any atom is 0.127 e. The molecule has 0 amide bonds. The second-order valence-electron chi connectivity index (χ2n) is 5.29. The Bertz CT molecular complexity index is 381. The van der Waals surface area contributed by atoms with Gasteiger partial charge in [0, 0.05) is 23.7 Å². The van der Waals surface area contributed by atoms with Crippen molar-refractivity contribution in [3.63, 3.8) is 0 Å². The zero-order valence-electron chi connectivity index (χ0n) is 12.6. The van der Waals surface area contributed by atoms with Crippen LogP contribution >= 0.6 is 0 Å². The van der Waals surface area contributed by atoms with Gasteiger partial charge in [-0.1, -0.05) is 38.5 Å². The van der Waals surface area contributed by atoms with Crippen molar-refractivity contribution in [2.45, 2.75) is 58.2 Å². The largest absolute Gasteiger partial charge is 0.326 e. The summed E-state index contributed by atoms with van der Waals surface area (Å²) in [7, 11) is 2.04. The van der Waals surface area contributed by atoms with Crippen LogP contribution in [-0.4, -0.2) is 24.0 Å². The molecule has 0 fully saturated rings. The van der Waals surface area contributed by atoms with E-state index in [9.17, 15) is 4.39 Å². The van der Waals surface area contributed by atoms with Gasteiger partial charge in [-0.3, -0.25) is 4.90 Å². The first-order chi connectivity index (χ1) is 9.02. The van der Waals surface area contributed by atoms with E-state index in [1.165, 1.54) is 6.07 Å². The lowest BCUT2D eigenvalue weighted by molar-refractivity contribution is 0.149. The summed E-state index contributed by atoms with van der Waals surface area (Å²) in [5, 5.41) is 0. The molecule has 3 heteroatoms. The minimum absolute atomic E-state index is 0.0362. The number of nitrogens with two attached hydrogens (primary N) is 1. The fourth-order valence-electron chi connectivity index (χ4n) is 2.74. The number of halogens is 1. The van der Waals surface area contributed by atoms with E-state index in [0.717, 1.165) is 24.8 Å². The number of benzene rings is 1. The Kier molecular flexibility index (Phi) is 6.46. The van der Waals surface area contributed by atoms with Crippen LogP contribution in [0, 0.1) is 5.82 Å². The molecule has 0 spiro atoms. The molecule has 0 bridgehead atoms. The highest BCUT2D eigenvalue weighted by Gasteiger charge is 2.25. The number of rotatable bonds is 7. The maximum absolute atomic E-state index is 13.9. The van der Waals surface area contributed by atoms with E-state index in [2.05, 4.69) is 18.7 Å². The van der Waals surface area contributed by atoms with E-state index in [4.69, 9.17) is 5.73 Å². The van der Waals surface area contributed by atoms with Crippen LogP contribution < -0.4 is 5.73 Å². The smallest absolute Gasteiger partial charge is 0.127 e. The minimum Gasteiger partial charge on any atom is -0.326 e. The molecule has 0 aromatic heterocycles. The molecule has 0 saturated heterocycles. The molecular weight excluding hydrogens is 239 g/mol. The predicted octanol–water partition coefficient (Wildman–Crippen LogP) is 3.72. The molecule has 0 aliphatic heterocycles. The van der Waals surface area contributed by atoms with Gasteiger partial charge >= 0.3 is 0 Å². The van der Waals surface area contributed by atoms with Gasteiger partial charge in [0.25, 0.3) is 0 Å². The van der Waals surface area contributed by atoms with Gasteiger partial charge in [0.15, 0.2) is 0 Å². The molecule has 0 aliphatic rings. The number of hydrogen-bond donors (Lipinski definition) is 1. The Labute approximate surface area is 116 Å². The first kappa shape index (κ1) is 16.1. The van der Waals surface area contributed by atoms with E-state index < -0.39 is 0 Å². The van der Waals surface area contributed by atoms with Gasteiger partial charge in [-0.05, 0) is 32.9 Å². The van der Waals surface area contributed by atoms with Crippen molar-refractivity contribution in [2.75, 3.05) is 7.05 Å². The Morgan fingerprint density at radius 1 is 1.26 bits per heavy atom. The molecule has 2 nitrogen and oxygen atoms in total. The van der Waals surface area contributed by atoms with E-state index in [0.29, 0.717) is 0 Å². The minimum atomic E-state index is -0.138. The van der Waals surface area contributed by atoms with Gasteiger partial charge in [0.1, 0.15) is 5.82 Å². The van der Waals surface area contributed by atoms with Crippen molar-refractivity contribution in [3.8, 4) is 0 Å². The summed E-state index contributed by atoms with van der Waals surface area (Å²) in [6, 6.07) is 7.46. The van der Waals surface area contributed by atoms with E-state index in [-0.39, 0.29) is 23.9 Å². The standard InChI is InChI=1S/C16H27FN2/c1-5-9-15(18)16(6-2)19(4)12(3)13-10-7-8-11-14(13)17/h7-8,10-12,15-16H,5-6,9,18H2,1-4H3. The SMILES string of the molecule is CCCC(N)C(CC)N(C)C(C)c1ccccc1F. The predicted molar refractivity (Wildman–Crippen MR) is 79.5 cm³/mol. The van der Waals surface area contributed by atoms with Crippen LogP contribution in [0.4, 0.5) is 4.39 Å². The second-order valence-corrected chi connectivity index (χ2v) is 5.29. The van der Waals surface area contributed by atoms with Gasteiger partial charge in [-0.25, -0.2) is 4.39 Å². The lowest BCUT2D eigenvalue weighted by atomic mass is 9.97. The highest BCUT2D eigenvalue weighted by Crippen LogP contribution is 2.25. The lowest BCUT2D eigenvalue weighted by Gasteiger charge is -2.36. The number of hydrogen-bond acceptors (Lipinski definition) is 2. The highest BCUT2D eigenvalue weighted by atomic mass is 19.1. The van der Waals surface area contributed by atoms with Crippen LogP contribution in [0.2, 0.25) is 0 Å². The highest BCUT2D eigenvalue weighted by molar-refractivity contribution is 5.20. The average molecular weight is 266 g/mol. The summed E-state index contributed by atoms with van der Waals surface area (Å²) in [6.07, 6.45) is 3.07. The molecular formula is C16H27FN2. The summed E-state index contributed by atoms with van der Waals surface area (Å²) in [5.74, 6) is -0.138. The van der Waals surface area contributed by atoms with Crippen LogP contribution in [-0.2, 0) is 0 Å². The van der Waals surface area contributed by atoms with Crippen LogP contribution in [0.15, 0.2) is 24.3 Å². The third-order valence-corrected chi connectivity index (χ3v) is 4.02. The average Bonchev–Trinajstić information content (AvgIpc) is 2.39. The van der Waals surface area contributed by atoms with Crippen LogP contribution in [0.1, 0.15) is 51.6 Å². The molecule has 1 rings (SSSR count). The first-order valence-electron chi connectivity index (χ1n) is 7.24. The summed E-state index contributed by atoms with van der Waals surface area (Å²) < 4.78 is 13.9. The topological polar surface area (TPSA) is 29.3 Å². The molecule has 0 radical (unpaired) electrons. The van der Waals surface area contributed by atoms with Crippen LogP contribution in [0.5, 0.6) is 0 Å². The fourth-order valence-corrected chi connectivity index (χ4v) is 2.74. The summed E-state index contributed by atoms with van der Waals surface area (Å²) in [6.45, 7) is 6.33. The molecule has 0 saturated carbocycles. The van der Waals surface area contributed by atoms with E-state index in [1.807, 2.05) is 26.1 Å².